The van der Waals surface area contributed by atoms with Crippen LogP contribution in [-0.4, -0.2) is 22.0 Å². The summed E-state index contributed by atoms with van der Waals surface area (Å²) in [7, 11) is 0.359. The Morgan fingerprint density at radius 3 is 2.17 bits per heavy atom. The van der Waals surface area contributed by atoms with Gasteiger partial charge in [0.1, 0.15) is 11.5 Å². The number of hydrogen-bond acceptors (Lipinski definition) is 1. The largest absolute Gasteiger partial charge is 0.288 e. The second-order valence-corrected chi connectivity index (χ2v) is 8.09. The van der Waals surface area contributed by atoms with Crippen molar-refractivity contribution in [3.8, 4) is 0 Å². The van der Waals surface area contributed by atoms with E-state index in [1.54, 1.807) is 0 Å². The zero-order valence-corrected chi connectivity index (χ0v) is 11.7. The predicted octanol–water partition coefficient (Wildman–Crippen LogP) is 3.59. The minimum Gasteiger partial charge on any atom is -0.288 e. The first kappa shape index (κ1) is 12.3. The molecule has 0 aromatic heterocycles. The lowest BCUT2D eigenvalue weighted by atomic mass is 9.95. The molecule has 0 spiro atoms. The Hall–Kier alpha value is -0.760. The van der Waals surface area contributed by atoms with Gasteiger partial charge in [0.05, 0.1) is 0 Å². The Morgan fingerprint density at radius 1 is 0.944 bits per heavy atom. The summed E-state index contributed by atoms with van der Waals surface area (Å²) in [5.41, 5.74) is 0.943. The SMILES string of the molecule is O=C(c1ccccc1)C1([S+]2CCCC2)CCCC1. The molecule has 0 radical (unpaired) electrons. The molecule has 1 saturated heterocycles. The predicted molar refractivity (Wildman–Crippen MR) is 78.3 cm³/mol. The second kappa shape index (κ2) is 5.08. The molecular weight excluding hydrogens is 240 g/mol. The van der Waals surface area contributed by atoms with E-state index in [9.17, 15) is 4.79 Å². The number of carbonyl (C=O) groups is 1. The topological polar surface area (TPSA) is 17.1 Å². The van der Waals surface area contributed by atoms with Gasteiger partial charge in [-0.15, -0.1) is 0 Å². The molecule has 18 heavy (non-hydrogen) atoms. The fraction of sp³-hybridized carbons (Fsp3) is 0.562. The van der Waals surface area contributed by atoms with Crippen LogP contribution in [0.3, 0.4) is 0 Å². The normalized spacial score (nSPS) is 23.3. The van der Waals surface area contributed by atoms with Gasteiger partial charge in [-0.3, -0.25) is 4.79 Å². The van der Waals surface area contributed by atoms with Crippen LogP contribution in [0.15, 0.2) is 30.3 Å². The fourth-order valence-corrected chi connectivity index (χ4v) is 6.83. The van der Waals surface area contributed by atoms with Gasteiger partial charge in [0, 0.05) is 29.3 Å². The third-order valence-electron chi connectivity index (χ3n) is 4.45. The van der Waals surface area contributed by atoms with E-state index < -0.39 is 0 Å². The lowest BCUT2D eigenvalue weighted by molar-refractivity contribution is 0.0943. The first-order valence-electron chi connectivity index (χ1n) is 7.10. The molecule has 0 bridgehead atoms. The van der Waals surface area contributed by atoms with Gasteiger partial charge in [0.25, 0.3) is 0 Å². The highest BCUT2D eigenvalue weighted by Gasteiger charge is 2.55. The van der Waals surface area contributed by atoms with Gasteiger partial charge < -0.3 is 0 Å². The highest BCUT2D eigenvalue weighted by Crippen LogP contribution is 2.43. The fourth-order valence-electron chi connectivity index (χ4n) is 3.49. The standard InChI is InChI=1S/C16H21OS/c17-15(14-8-2-1-3-9-14)16(10-4-5-11-16)18-12-6-7-13-18/h1-3,8-9H,4-7,10-13H2/q+1. The van der Waals surface area contributed by atoms with Gasteiger partial charge in [-0.1, -0.05) is 30.3 Å². The van der Waals surface area contributed by atoms with Crippen molar-refractivity contribution in [2.24, 2.45) is 0 Å². The van der Waals surface area contributed by atoms with Gasteiger partial charge in [0.2, 0.25) is 5.78 Å². The Morgan fingerprint density at radius 2 is 1.56 bits per heavy atom. The molecule has 2 heteroatoms. The van der Waals surface area contributed by atoms with E-state index in [-0.39, 0.29) is 4.75 Å². The molecular formula is C16H21OS+. The van der Waals surface area contributed by atoms with Crippen LogP contribution < -0.4 is 0 Å². The Balaban J connectivity index is 1.92. The van der Waals surface area contributed by atoms with Crippen LogP contribution in [0.4, 0.5) is 0 Å². The number of rotatable bonds is 3. The van der Waals surface area contributed by atoms with E-state index in [2.05, 4.69) is 0 Å². The molecule has 3 rings (SSSR count). The smallest absolute Gasteiger partial charge is 0.217 e. The van der Waals surface area contributed by atoms with Crippen LogP contribution in [0.2, 0.25) is 0 Å². The van der Waals surface area contributed by atoms with Crippen LogP contribution in [0, 0.1) is 0 Å². The van der Waals surface area contributed by atoms with Crippen LogP contribution in [-0.2, 0) is 10.9 Å². The molecule has 0 N–H and O–H groups in total. The number of benzene rings is 1. The summed E-state index contributed by atoms with van der Waals surface area (Å²) < 4.78 is 0.0256. The molecule has 1 heterocycles. The van der Waals surface area contributed by atoms with Gasteiger partial charge in [-0.05, 0) is 25.7 Å². The minimum atomic E-state index is 0.0256. The molecule has 1 aliphatic carbocycles. The lowest BCUT2D eigenvalue weighted by Crippen LogP contribution is -2.45. The molecule has 0 atom stereocenters. The molecule has 1 saturated carbocycles. The number of Topliss-reactive ketones (excluding diaryl/α,β-unsaturated/α-hetero) is 1. The van der Waals surface area contributed by atoms with Crippen molar-refractivity contribution in [3.63, 3.8) is 0 Å². The van der Waals surface area contributed by atoms with E-state index in [0.717, 1.165) is 18.4 Å². The number of carbonyl (C=O) groups excluding carboxylic acids is 1. The molecule has 1 aromatic rings. The zero-order valence-electron chi connectivity index (χ0n) is 10.9. The highest BCUT2D eigenvalue weighted by atomic mass is 32.2. The molecule has 2 fully saturated rings. The second-order valence-electron chi connectivity index (χ2n) is 5.50. The van der Waals surface area contributed by atoms with Crippen molar-refractivity contribution in [1.82, 2.24) is 0 Å². The number of ketones is 1. The van der Waals surface area contributed by atoms with Crippen molar-refractivity contribution < 1.29 is 4.79 Å². The lowest BCUT2D eigenvalue weighted by Gasteiger charge is -2.25. The maximum absolute atomic E-state index is 13.0. The van der Waals surface area contributed by atoms with Crippen LogP contribution in [0.25, 0.3) is 0 Å². The zero-order chi connectivity index (χ0) is 12.4. The summed E-state index contributed by atoms with van der Waals surface area (Å²) in [6.45, 7) is 0. The van der Waals surface area contributed by atoms with Crippen molar-refractivity contribution in [2.75, 3.05) is 11.5 Å². The van der Waals surface area contributed by atoms with Crippen LogP contribution >= 0.6 is 0 Å². The maximum atomic E-state index is 13.0. The summed E-state index contributed by atoms with van der Waals surface area (Å²) in [5.74, 6) is 3.06. The third-order valence-corrected chi connectivity index (χ3v) is 7.71. The van der Waals surface area contributed by atoms with Gasteiger partial charge in [-0.25, -0.2) is 0 Å². The summed E-state index contributed by atoms with van der Waals surface area (Å²) in [5, 5.41) is 0. The van der Waals surface area contributed by atoms with Gasteiger partial charge >= 0.3 is 0 Å². The first-order valence-corrected chi connectivity index (χ1v) is 8.67. The average molecular weight is 261 g/mol. The Labute approximate surface area is 112 Å². The highest BCUT2D eigenvalue weighted by molar-refractivity contribution is 7.99. The summed E-state index contributed by atoms with van der Waals surface area (Å²) >= 11 is 0. The molecule has 1 nitrogen and oxygen atoms in total. The quantitative estimate of drug-likeness (QED) is 0.600. The Bertz CT molecular complexity index is 414. The Kier molecular flexibility index (Phi) is 3.47. The van der Waals surface area contributed by atoms with E-state index in [0.29, 0.717) is 16.7 Å². The van der Waals surface area contributed by atoms with Gasteiger partial charge in [-0.2, -0.15) is 0 Å². The van der Waals surface area contributed by atoms with Crippen molar-refractivity contribution in [3.05, 3.63) is 35.9 Å². The summed E-state index contributed by atoms with van der Waals surface area (Å²) in [6, 6.07) is 9.99. The van der Waals surface area contributed by atoms with Crippen molar-refractivity contribution in [2.45, 2.75) is 43.3 Å². The summed E-state index contributed by atoms with van der Waals surface area (Å²) in [4.78, 5) is 13.0. The van der Waals surface area contributed by atoms with E-state index >= 15 is 0 Å². The van der Waals surface area contributed by atoms with E-state index in [1.165, 1.54) is 37.2 Å². The third kappa shape index (κ3) is 2.01. The maximum Gasteiger partial charge on any atom is 0.217 e. The molecule has 1 aromatic carbocycles. The van der Waals surface area contributed by atoms with Gasteiger partial charge in [0.15, 0.2) is 4.75 Å². The van der Waals surface area contributed by atoms with E-state index in [1.807, 2.05) is 30.3 Å². The van der Waals surface area contributed by atoms with Crippen LogP contribution in [0.1, 0.15) is 48.9 Å². The monoisotopic (exact) mass is 261 g/mol. The summed E-state index contributed by atoms with van der Waals surface area (Å²) in [6.07, 6.45) is 7.47. The van der Waals surface area contributed by atoms with Crippen molar-refractivity contribution in [1.29, 1.82) is 0 Å². The molecule has 2 aliphatic rings. The molecule has 0 unspecified atom stereocenters. The molecule has 96 valence electrons. The van der Waals surface area contributed by atoms with Crippen LogP contribution in [0.5, 0.6) is 0 Å². The number of hydrogen-bond donors (Lipinski definition) is 0. The molecule has 0 amide bonds. The molecule has 1 aliphatic heterocycles. The van der Waals surface area contributed by atoms with E-state index in [4.69, 9.17) is 0 Å². The minimum absolute atomic E-state index is 0.0256. The van der Waals surface area contributed by atoms with Crippen molar-refractivity contribution >= 4 is 16.7 Å². The average Bonchev–Trinajstić information content (AvgIpc) is 3.10. The first-order chi connectivity index (χ1) is 8.83.